The molecule has 0 bridgehead atoms. The zero-order chi connectivity index (χ0) is 14.3. The summed E-state index contributed by atoms with van der Waals surface area (Å²) in [6.45, 7) is 0. The first kappa shape index (κ1) is 13.6. The Bertz CT molecular complexity index is 554. The van der Waals surface area contributed by atoms with Crippen LogP contribution in [0.15, 0.2) is 35.3 Å². The quantitative estimate of drug-likeness (QED) is 0.908. The second-order valence-corrected chi connectivity index (χ2v) is 5.94. The van der Waals surface area contributed by atoms with Gasteiger partial charge in [-0.3, -0.25) is 5.43 Å². The maximum Gasteiger partial charge on any atom is 0.319 e. The van der Waals surface area contributed by atoms with Crippen LogP contribution in [0.2, 0.25) is 0 Å². The van der Waals surface area contributed by atoms with Crippen LogP contribution in [0.25, 0.3) is 0 Å². The molecule has 2 unspecified atom stereocenters. The van der Waals surface area contributed by atoms with Crippen LogP contribution in [0.1, 0.15) is 18.0 Å². The van der Waals surface area contributed by atoms with Gasteiger partial charge in [-0.1, -0.05) is 30.3 Å². The van der Waals surface area contributed by atoms with Crippen molar-refractivity contribution >= 4 is 16.0 Å². The molecule has 4 nitrogen and oxygen atoms in total. The van der Waals surface area contributed by atoms with Gasteiger partial charge in [-0.2, -0.15) is 13.8 Å². The number of rotatable bonds is 2. The van der Waals surface area contributed by atoms with Crippen LogP contribution < -0.4 is 5.43 Å². The fourth-order valence-electron chi connectivity index (χ4n) is 2.51. The highest BCUT2D eigenvalue weighted by atomic mass is 32.2. The lowest BCUT2D eigenvalue weighted by Gasteiger charge is -2.23. The maximum absolute atomic E-state index is 14.0. The van der Waals surface area contributed by atoms with Gasteiger partial charge in [0.2, 0.25) is 5.17 Å². The Balaban J connectivity index is 1.84. The summed E-state index contributed by atoms with van der Waals surface area (Å²) in [7, 11) is -2.55. The summed E-state index contributed by atoms with van der Waals surface area (Å²) in [5.74, 6) is -3.03. The summed E-state index contributed by atoms with van der Waals surface area (Å²) in [5, 5.41) is 1.11. The average molecular weight is 303 g/mol. The van der Waals surface area contributed by atoms with E-state index in [4.69, 9.17) is 0 Å². The monoisotopic (exact) mass is 303 g/mol. The van der Waals surface area contributed by atoms with Crippen LogP contribution in [-0.2, 0) is 10.8 Å². The second kappa shape index (κ2) is 5.17. The molecule has 0 aromatic heterocycles. The van der Waals surface area contributed by atoms with E-state index in [1.165, 1.54) is 5.01 Å². The van der Waals surface area contributed by atoms with E-state index in [1.54, 1.807) is 0 Å². The van der Waals surface area contributed by atoms with E-state index < -0.39 is 28.9 Å². The first-order valence-corrected chi connectivity index (χ1v) is 7.30. The number of hydrogen-bond donors (Lipinski definition) is 1. The molecule has 1 N–H and O–H groups in total. The first-order chi connectivity index (χ1) is 9.58. The van der Waals surface area contributed by atoms with Gasteiger partial charge in [-0.05, 0) is 5.56 Å². The van der Waals surface area contributed by atoms with Gasteiger partial charge in [-0.25, -0.2) is 13.6 Å². The minimum atomic E-state index is -3.03. The number of aliphatic imine (C=N–C) groups is 1. The lowest BCUT2D eigenvalue weighted by atomic mass is 10.1. The Morgan fingerprint density at radius 2 is 2.05 bits per heavy atom. The zero-order valence-electron chi connectivity index (χ0n) is 10.2. The largest absolute Gasteiger partial charge is 0.319 e. The van der Waals surface area contributed by atoms with Crippen LogP contribution in [0.3, 0.4) is 0 Å². The van der Waals surface area contributed by atoms with Gasteiger partial charge in [0.1, 0.15) is 6.17 Å². The third kappa shape index (κ3) is 2.22. The molecule has 108 valence electrons. The summed E-state index contributed by atoms with van der Waals surface area (Å²) in [6, 6.07) is 8.85. The third-order valence-corrected chi connectivity index (χ3v) is 4.31. The normalized spacial score (nSPS) is 31.0. The molecule has 3 rings (SSSR count). The molecule has 1 aromatic carbocycles. The van der Waals surface area contributed by atoms with Gasteiger partial charge in [0.25, 0.3) is 0 Å². The van der Waals surface area contributed by atoms with E-state index in [0.29, 0.717) is 0 Å². The SMILES string of the molecule is O=S(C1=NC2[C@@H](F)C[C@@H](c3ccccc3)N2N1)C(F)F. The van der Waals surface area contributed by atoms with Gasteiger partial charge >= 0.3 is 5.76 Å². The number of fused-ring (bicyclic) bond motifs is 1. The van der Waals surface area contributed by atoms with E-state index in [2.05, 4.69) is 10.4 Å². The molecule has 0 amide bonds. The van der Waals surface area contributed by atoms with Crippen molar-refractivity contribution < 1.29 is 17.4 Å². The molecule has 1 fully saturated rings. The standard InChI is InChI=1S/C12H12F3N3OS/c13-8-6-9(7-4-2-1-3-5-7)18-10(8)16-12(17-18)20(19)11(14)15/h1-5,8-11H,6H2,(H,16,17)/t8-,9-,10?,20?/m0/s1. The summed E-state index contributed by atoms with van der Waals surface area (Å²) in [6.07, 6.45) is -1.95. The molecule has 0 spiro atoms. The van der Waals surface area contributed by atoms with Crippen LogP contribution >= 0.6 is 0 Å². The molecule has 0 saturated carbocycles. The van der Waals surface area contributed by atoms with Gasteiger partial charge in [-0.15, -0.1) is 0 Å². The molecule has 2 heterocycles. The van der Waals surface area contributed by atoms with Crippen molar-refractivity contribution in [2.75, 3.05) is 0 Å². The molecule has 0 aliphatic carbocycles. The number of nitrogens with one attached hydrogen (secondary N) is 1. The fourth-order valence-corrected chi connectivity index (χ4v) is 3.08. The zero-order valence-corrected chi connectivity index (χ0v) is 11.1. The predicted octanol–water partition coefficient (Wildman–Crippen LogP) is 1.94. The number of benzene rings is 1. The third-order valence-electron chi connectivity index (χ3n) is 3.40. The van der Waals surface area contributed by atoms with Gasteiger partial charge in [0.05, 0.1) is 6.04 Å². The predicted molar refractivity (Wildman–Crippen MR) is 69.0 cm³/mol. The van der Waals surface area contributed by atoms with Crippen molar-refractivity contribution in [2.24, 2.45) is 4.99 Å². The van der Waals surface area contributed by atoms with Crippen molar-refractivity contribution in [3.63, 3.8) is 0 Å². The minimum absolute atomic E-state index is 0.222. The number of hydrazine groups is 1. The lowest BCUT2D eigenvalue weighted by molar-refractivity contribution is 0.160. The fraction of sp³-hybridized carbons (Fsp3) is 0.417. The Labute approximate surface area is 116 Å². The topological polar surface area (TPSA) is 44.7 Å². The number of hydrogen-bond acceptors (Lipinski definition) is 4. The number of nitrogens with zero attached hydrogens (tertiary/aromatic N) is 2. The van der Waals surface area contributed by atoms with Crippen molar-refractivity contribution in [3.05, 3.63) is 35.9 Å². The molecule has 4 atom stereocenters. The summed E-state index contributed by atoms with van der Waals surface area (Å²) < 4.78 is 50.2. The van der Waals surface area contributed by atoms with Crippen molar-refractivity contribution in [2.45, 2.75) is 30.6 Å². The Morgan fingerprint density at radius 1 is 1.35 bits per heavy atom. The molecule has 2 aliphatic heterocycles. The minimum Gasteiger partial charge on any atom is -0.293 e. The maximum atomic E-state index is 14.0. The Kier molecular flexibility index (Phi) is 3.51. The van der Waals surface area contributed by atoms with Gasteiger partial charge in [0, 0.05) is 6.42 Å². The van der Waals surface area contributed by atoms with Gasteiger partial charge < -0.3 is 0 Å². The number of alkyl halides is 3. The van der Waals surface area contributed by atoms with Crippen molar-refractivity contribution in [1.29, 1.82) is 0 Å². The summed E-state index contributed by atoms with van der Waals surface area (Å²) >= 11 is 0. The Morgan fingerprint density at radius 3 is 2.70 bits per heavy atom. The lowest BCUT2D eigenvalue weighted by Crippen LogP contribution is -2.41. The highest BCUT2D eigenvalue weighted by Crippen LogP contribution is 2.39. The molecular formula is C12H12F3N3OS. The number of halogens is 3. The van der Waals surface area contributed by atoms with E-state index in [0.717, 1.165) is 5.56 Å². The van der Waals surface area contributed by atoms with E-state index in [-0.39, 0.29) is 17.6 Å². The molecule has 1 aromatic rings. The molecule has 0 radical (unpaired) electrons. The Hall–Kier alpha value is -1.41. The first-order valence-electron chi connectivity index (χ1n) is 6.08. The van der Waals surface area contributed by atoms with Crippen molar-refractivity contribution in [1.82, 2.24) is 10.4 Å². The van der Waals surface area contributed by atoms with E-state index >= 15 is 0 Å². The van der Waals surface area contributed by atoms with Crippen molar-refractivity contribution in [3.8, 4) is 0 Å². The number of amidine groups is 1. The smallest absolute Gasteiger partial charge is 0.293 e. The van der Waals surface area contributed by atoms with Gasteiger partial charge in [0.15, 0.2) is 17.0 Å². The van der Waals surface area contributed by atoms with Crippen LogP contribution in [-0.4, -0.2) is 32.5 Å². The highest BCUT2D eigenvalue weighted by molar-refractivity contribution is 8.00. The molecule has 8 heteroatoms. The molecule has 1 saturated heterocycles. The van der Waals surface area contributed by atoms with Crippen LogP contribution in [0, 0.1) is 0 Å². The van der Waals surface area contributed by atoms with Crippen LogP contribution in [0.4, 0.5) is 13.2 Å². The molecule has 20 heavy (non-hydrogen) atoms. The average Bonchev–Trinajstić information content (AvgIpc) is 3.00. The van der Waals surface area contributed by atoms with E-state index in [1.807, 2.05) is 30.3 Å². The van der Waals surface area contributed by atoms with Crippen LogP contribution in [0.5, 0.6) is 0 Å². The summed E-state index contributed by atoms with van der Waals surface area (Å²) in [5.41, 5.74) is 3.44. The molecular weight excluding hydrogens is 291 g/mol. The second-order valence-electron chi connectivity index (χ2n) is 4.60. The highest BCUT2D eigenvalue weighted by Gasteiger charge is 2.47. The molecule has 2 aliphatic rings. The van der Waals surface area contributed by atoms with E-state index in [9.17, 15) is 17.4 Å². The summed E-state index contributed by atoms with van der Waals surface area (Å²) in [4.78, 5) is 3.80.